The number of unbranched alkanes of at least 4 members (excludes halogenated alkanes) is 3. The second kappa shape index (κ2) is 26.2. The first-order valence-electron chi connectivity index (χ1n) is 25.6. The molecule has 69 heavy (non-hydrogen) atoms. The smallest absolute Gasteiger partial charge is 0.339 e. The van der Waals surface area contributed by atoms with Crippen molar-refractivity contribution in [3.05, 3.63) is 113 Å². The predicted octanol–water partition coefficient (Wildman–Crippen LogP) is 12.6. The molecule has 0 saturated heterocycles. The van der Waals surface area contributed by atoms with E-state index in [1.807, 2.05) is 48.5 Å². The molecule has 3 aliphatic rings. The number of carbonyl (C=O) groups is 4. The van der Waals surface area contributed by atoms with E-state index in [-0.39, 0.29) is 23.8 Å². The summed E-state index contributed by atoms with van der Waals surface area (Å²) in [5.74, 6) is 17.2. The third kappa shape index (κ3) is 17.3. The van der Waals surface area contributed by atoms with Crippen molar-refractivity contribution in [2.75, 3.05) is 13.2 Å². The summed E-state index contributed by atoms with van der Waals surface area (Å²) in [5.41, 5.74) is 6.52. The van der Waals surface area contributed by atoms with E-state index >= 15 is 0 Å². The fourth-order valence-electron chi connectivity index (χ4n) is 9.70. The molecule has 0 heterocycles. The van der Waals surface area contributed by atoms with Crippen molar-refractivity contribution in [1.29, 1.82) is 0 Å². The Morgan fingerprint density at radius 2 is 1.14 bits per heavy atom. The third-order valence-corrected chi connectivity index (χ3v) is 14.8. The first kappa shape index (κ1) is 52.5. The monoisotopic (exact) mass is 948 g/mol. The molecule has 3 fully saturated rings. The number of carbonyl (C=O) groups excluding carboxylic acids is 4. The highest BCUT2D eigenvalue weighted by molar-refractivity contribution is 6.83. The summed E-state index contributed by atoms with van der Waals surface area (Å²) >= 11 is 0. The van der Waals surface area contributed by atoms with Crippen molar-refractivity contribution in [2.45, 2.75) is 148 Å². The van der Waals surface area contributed by atoms with Crippen LogP contribution in [0.4, 0.5) is 0 Å². The zero-order valence-electron chi connectivity index (χ0n) is 41.5. The molecule has 0 atom stereocenters. The molecule has 3 aromatic carbocycles. The van der Waals surface area contributed by atoms with Gasteiger partial charge in [0, 0.05) is 28.3 Å². The van der Waals surface area contributed by atoms with Crippen molar-refractivity contribution in [3.63, 3.8) is 0 Å². The SMILES string of the molecule is C=CC(=O)OCCCCCOC(=O)C1CCC(C(=O)Oc2ccc(C(=O)OC3(C#Cc4ccc(C#Cc5ccc(C#C[Si](C)(C)C)cc5)cc4)CCC(C4CCC(CCCC)CC4)CC3)cc2)CC1. The van der Waals surface area contributed by atoms with Gasteiger partial charge in [-0.15, -0.1) is 5.54 Å². The van der Waals surface area contributed by atoms with Crippen LogP contribution in [-0.4, -0.2) is 50.8 Å². The Kier molecular flexibility index (Phi) is 20.0. The lowest BCUT2D eigenvalue weighted by Crippen LogP contribution is -2.39. The zero-order chi connectivity index (χ0) is 49.1. The van der Waals surface area contributed by atoms with Gasteiger partial charge < -0.3 is 18.9 Å². The summed E-state index contributed by atoms with van der Waals surface area (Å²) in [6.07, 6.45) is 17.9. The highest BCUT2D eigenvalue weighted by atomic mass is 28.3. The Balaban J connectivity index is 1.03. The molecule has 3 aliphatic carbocycles. The van der Waals surface area contributed by atoms with Gasteiger partial charge in [-0.2, -0.15) is 0 Å². The summed E-state index contributed by atoms with van der Waals surface area (Å²) in [4.78, 5) is 50.9. The van der Waals surface area contributed by atoms with Gasteiger partial charge in [0.15, 0.2) is 5.60 Å². The molecule has 9 heteroatoms. The van der Waals surface area contributed by atoms with E-state index in [4.69, 9.17) is 18.9 Å². The Labute approximate surface area is 413 Å². The molecule has 0 N–H and O–H groups in total. The third-order valence-electron chi connectivity index (χ3n) is 13.9. The molecular weight excluding hydrogens is 877 g/mol. The normalized spacial score (nSPS) is 22.1. The Morgan fingerprint density at radius 3 is 1.70 bits per heavy atom. The lowest BCUT2D eigenvalue weighted by Gasteiger charge is -2.41. The van der Waals surface area contributed by atoms with Crippen molar-refractivity contribution in [3.8, 4) is 40.9 Å². The second-order valence-electron chi connectivity index (χ2n) is 20.4. The minimum atomic E-state index is -1.44. The van der Waals surface area contributed by atoms with Crippen molar-refractivity contribution < 1.29 is 38.1 Å². The molecule has 0 radical (unpaired) electrons. The van der Waals surface area contributed by atoms with Crippen LogP contribution in [0.25, 0.3) is 0 Å². The molecule has 364 valence electrons. The van der Waals surface area contributed by atoms with Crippen LogP contribution >= 0.6 is 0 Å². The molecule has 3 aromatic rings. The molecule has 3 saturated carbocycles. The van der Waals surface area contributed by atoms with E-state index in [0.717, 1.165) is 59.4 Å². The van der Waals surface area contributed by atoms with E-state index in [0.29, 0.717) is 81.8 Å². The van der Waals surface area contributed by atoms with Gasteiger partial charge in [-0.1, -0.05) is 88.9 Å². The molecule has 0 aliphatic heterocycles. The molecular formula is C60H72O8Si. The van der Waals surface area contributed by atoms with E-state index in [9.17, 15) is 19.2 Å². The number of ether oxygens (including phenoxy) is 4. The van der Waals surface area contributed by atoms with E-state index in [1.165, 1.54) is 44.9 Å². The van der Waals surface area contributed by atoms with Crippen LogP contribution in [0.1, 0.15) is 155 Å². The predicted molar refractivity (Wildman–Crippen MR) is 275 cm³/mol. The largest absolute Gasteiger partial charge is 0.465 e. The number of hydrogen-bond donors (Lipinski definition) is 0. The molecule has 0 unspecified atom stereocenters. The van der Waals surface area contributed by atoms with E-state index < -0.39 is 25.6 Å². The van der Waals surface area contributed by atoms with Gasteiger partial charge in [0.05, 0.1) is 30.6 Å². The maximum Gasteiger partial charge on any atom is 0.339 e. The molecule has 0 amide bonds. The fourth-order valence-corrected chi connectivity index (χ4v) is 10.2. The Morgan fingerprint density at radius 1 is 0.623 bits per heavy atom. The van der Waals surface area contributed by atoms with E-state index in [2.05, 4.69) is 68.3 Å². The Bertz CT molecular complexity index is 2370. The van der Waals surface area contributed by atoms with Gasteiger partial charge in [-0.3, -0.25) is 9.59 Å². The number of rotatable bonds is 16. The molecule has 0 bridgehead atoms. The van der Waals surface area contributed by atoms with Crippen molar-refractivity contribution in [2.24, 2.45) is 29.6 Å². The fraction of sp³-hybridized carbons (Fsp3) is 0.500. The molecule has 8 nitrogen and oxygen atoms in total. The summed E-state index contributed by atoms with van der Waals surface area (Å²) in [7, 11) is -1.44. The first-order chi connectivity index (χ1) is 33.3. The van der Waals surface area contributed by atoms with Gasteiger partial charge in [0.1, 0.15) is 13.8 Å². The lowest BCUT2D eigenvalue weighted by molar-refractivity contribution is -0.152. The number of benzene rings is 3. The number of esters is 4. The summed E-state index contributed by atoms with van der Waals surface area (Å²) < 4.78 is 22.6. The van der Waals surface area contributed by atoms with Crippen molar-refractivity contribution in [1.82, 2.24) is 0 Å². The van der Waals surface area contributed by atoms with Crippen LogP contribution in [0.2, 0.25) is 19.6 Å². The highest BCUT2D eigenvalue weighted by Gasteiger charge is 2.41. The minimum absolute atomic E-state index is 0.236. The highest BCUT2D eigenvalue weighted by Crippen LogP contribution is 2.44. The summed E-state index contributed by atoms with van der Waals surface area (Å²) in [5, 5.41) is 0. The van der Waals surface area contributed by atoms with Gasteiger partial charge >= 0.3 is 23.9 Å². The van der Waals surface area contributed by atoms with Crippen LogP contribution in [0, 0.1) is 64.7 Å². The quantitative estimate of drug-likeness (QED) is 0.0266. The first-order valence-corrected chi connectivity index (χ1v) is 29.1. The van der Waals surface area contributed by atoms with Crippen LogP contribution in [-0.2, 0) is 28.6 Å². The van der Waals surface area contributed by atoms with Gasteiger partial charge in [0.25, 0.3) is 0 Å². The summed E-state index contributed by atoms with van der Waals surface area (Å²) in [6, 6.07) is 22.5. The van der Waals surface area contributed by atoms with E-state index in [1.54, 1.807) is 24.3 Å². The summed E-state index contributed by atoms with van der Waals surface area (Å²) in [6.45, 7) is 13.0. The topological polar surface area (TPSA) is 105 Å². The zero-order valence-corrected chi connectivity index (χ0v) is 42.5. The molecule has 0 aromatic heterocycles. The maximum atomic E-state index is 13.9. The second-order valence-corrected chi connectivity index (χ2v) is 25.1. The minimum Gasteiger partial charge on any atom is -0.465 e. The van der Waals surface area contributed by atoms with Crippen LogP contribution in [0.5, 0.6) is 5.75 Å². The average molecular weight is 949 g/mol. The van der Waals surface area contributed by atoms with Crippen LogP contribution in [0.3, 0.4) is 0 Å². The Hall–Kier alpha value is -5.82. The number of hydrogen-bond acceptors (Lipinski definition) is 8. The van der Waals surface area contributed by atoms with Crippen LogP contribution < -0.4 is 4.74 Å². The lowest BCUT2D eigenvalue weighted by atomic mass is 9.67. The van der Waals surface area contributed by atoms with Gasteiger partial charge in [0.2, 0.25) is 0 Å². The standard InChI is InChI=1S/C60H72O8Si/c1-6-8-12-45-23-25-50(26-24-45)51-36-40-60(41-37-51,39-35-48-19-15-46(16-20-48)13-14-47-17-21-49(22-18-47)38-44-69(3,4)5)68-59(64)54-31-33-55(34-32-54)67-58(63)53-29-27-52(28-30-53)57(62)66-43-11-9-10-42-65-56(61)7-2/h7,15-22,31-34,45,50-53H,2,6,8-12,23-30,36-37,40-43H2,1,3-5H3. The molecule has 0 spiro atoms. The van der Waals surface area contributed by atoms with Crippen molar-refractivity contribution >= 4 is 32.0 Å². The average Bonchev–Trinajstić information content (AvgIpc) is 3.36. The van der Waals surface area contributed by atoms with Gasteiger partial charge in [-0.05, 0) is 180 Å². The molecule has 6 rings (SSSR count). The maximum absolute atomic E-state index is 13.9. The van der Waals surface area contributed by atoms with Crippen LogP contribution in [0.15, 0.2) is 85.5 Å². The van der Waals surface area contributed by atoms with Gasteiger partial charge in [-0.25, -0.2) is 9.59 Å².